The smallest absolute Gasteiger partial charge is 0.241 e. The van der Waals surface area contributed by atoms with E-state index in [9.17, 15) is 4.79 Å². The van der Waals surface area contributed by atoms with Crippen LogP contribution in [0.3, 0.4) is 0 Å². The standard InChI is InChI=1S/C7H11NO/c1-3-6(2)4-5-7(8)9/h4-5H,2-3H2,1H3,(H2,8,9)/b5-4+. The highest BCUT2D eigenvalue weighted by Gasteiger charge is 1.83. The van der Waals surface area contributed by atoms with Gasteiger partial charge < -0.3 is 5.73 Å². The van der Waals surface area contributed by atoms with Crippen LogP contribution in [0.15, 0.2) is 24.3 Å². The summed E-state index contributed by atoms with van der Waals surface area (Å²) in [6, 6.07) is 0. The molecule has 2 heteroatoms. The highest BCUT2D eigenvalue weighted by atomic mass is 16.1. The topological polar surface area (TPSA) is 43.1 Å². The van der Waals surface area contributed by atoms with Gasteiger partial charge in [0.15, 0.2) is 0 Å². The molecule has 0 atom stereocenters. The van der Waals surface area contributed by atoms with E-state index in [1.165, 1.54) is 6.08 Å². The molecule has 0 aliphatic heterocycles. The molecule has 0 aromatic carbocycles. The zero-order chi connectivity index (χ0) is 7.28. The lowest BCUT2D eigenvalue weighted by Crippen LogP contribution is -2.05. The number of rotatable bonds is 3. The molecule has 0 fully saturated rings. The Hall–Kier alpha value is -1.05. The average molecular weight is 125 g/mol. The quantitative estimate of drug-likeness (QED) is 0.443. The molecule has 0 saturated carbocycles. The van der Waals surface area contributed by atoms with Gasteiger partial charge in [-0.2, -0.15) is 0 Å². The summed E-state index contributed by atoms with van der Waals surface area (Å²) in [5, 5.41) is 0. The molecule has 0 aromatic heterocycles. The number of carbonyl (C=O) groups excluding carboxylic acids is 1. The zero-order valence-corrected chi connectivity index (χ0v) is 5.55. The molecule has 2 nitrogen and oxygen atoms in total. The van der Waals surface area contributed by atoms with Crippen molar-refractivity contribution in [2.24, 2.45) is 5.73 Å². The van der Waals surface area contributed by atoms with Gasteiger partial charge in [0, 0.05) is 6.08 Å². The fraction of sp³-hybridized carbons (Fsp3) is 0.286. The third-order valence-electron chi connectivity index (χ3n) is 0.937. The summed E-state index contributed by atoms with van der Waals surface area (Å²) in [5.74, 6) is -0.426. The van der Waals surface area contributed by atoms with Gasteiger partial charge in [-0.3, -0.25) is 4.79 Å². The van der Waals surface area contributed by atoms with Crippen molar-refractivity contribution in [3.63, 3.8) is 0 Å². The van der Waals surface area contributed by atoms with Gasteiger partial charge in [-0.1, -0.05) is 25.2 Å². The van der Waals surface area contributed by atoms with E-state index in [4.69, 9.17) is 5.73 Å². The first-order chi connectivity index (χ1) is 4.16. The molecular formula is C7H11NO. The molecule has 0 spiro atoms. The van der Waals surface area contributed by atoms with E-state index in [2.05, 4.69) is 6.58 Å². The Morgan fingerprint density at radius 3 is 2.56 bits per heavy atom. The van der Waals surface area contributed by atoms with Crippen molar-refractivity contribution in [3.05, 3.63) is 24.3 Å². The Morgan fingerprint density at radius 1 is 1.67 bits per heavy atom. The van der Waals surface area contributed by atoms with Crippen molar-refractivity contribution in [2.75, 3.05) is 0 Å². The highest BCUT2D eigenvalue weighted by molar-refractivity contribution is 5.86. The van der Waals surface area contributed by atoms with Gasteiger partial charge in [0.25, 0.3) is 0 Å². The largest absolute Gasteiger partial charge is 0.366 e. The van der Waals surface area contributed by atoms with Crippen molar-refractivity contribution in [3.8, 4) is 0 Å². The summed E-state index contributed by atoms with van der Waals surface area (Å²) in [5.41, 5.74) is 5.74. The molecule has 0 aliphatic rings. The number of amides is 1. The van der Waals surface area contributed by atoms with Gasteiger partial charge in [-0.25, -0.2) is 0 Å². The first-order valence-electron chi connectivity index (χ1n) is 2.82. The van der Waals surface area contributed by atoms with Crippen LogP contribution in [-0.4, -0.2) is 5.91 Å². The Bertz CT molecular complexity index is 147. The summed E-state index contributed by atoms with van der Waals surface area (Å²) in [6.07, 6.45) is 3.79. The molecule has 0 aliphatic carbocycles. The summed E-state index contributed by atoms with van der Waals surface area (Å²) in [4.78, 5) is 10.1. The second-order valence-corrected chi connectivity index (χ2v) is 1.75. The molecule has 0 unspecified atom stereocenters. The summed E-state index contributed by atoms with van der Waals surface area (Å²) in [6.45, 7) is 5.62. The van der Waals surface area contributed by atoms with Gasteiger partial charge in [0.05, 0.1) is 0 Å². The first kappa shape index (κ1) is 7.95. The van der Waals surface area contributed by atoms with Crippen LogP contribution < -0.4 is 5.73 Å². The Labute approximate surface area is 55.1 Å². The predicted octanol–water partition coefficient (Wildman–Crippen LogP) is 0.994. The summed E-state index contributed by atoms with van der Waals surface area (Å²) in [7, 11) is 0. The van der Waals surface area contributed by atoms with E-state index >= 15 is 0 Å². The second-order valence-electron chi connectivity index (χ2n) is 1.75. The minimum Gasteiger partial charge on any atom is -0.366 e. The lowest BCUT2D eigenvalue weighted by atomic mass is 10.2. The van der Waals surface area contributed by atoms with Crippen LogP contribution in [0.1, 0.15) is 13.3 Å². The molecule has 9 heavy (non-hydrogen) atoms. The van der Waals surface area contributed by atoms with Crippen LogP contribution in [-0.2, 0) is 4.79 Å². The molecular weight excluding hydrogens is 114 g/mol. The molecule has 0 aromatic rings. The van der Waals surface area contributed by atoms with E-state index in [0.29, 0.717) is 0 Å². The molecule has 0 saturated heterocycles. The van der Waals surface area contributed by atoms with Crippen molar-refractivity contribution in [1.29, 1.82) is 0 Å². The predicted molar refractivity (Wildman–Crippen MR) is 37.8 cm³/mol. The Kier molecular flexibility index (Phi) is 3.44. The zero-order valence-electron chi connectivity index (χ0n) is 5.55. The summed E-state index contributed by atoms with van der Waals surface area (Å²) >= 11 is 0. The molecule has 0 radical (unpaired) electrons. The normalized spacial score (nSPS) is 9.89. The van der Waals surface area contributed by atoms with Crippen LogP contribution in [0.5, 0.6) is 0 Å². The van der Waals surface area contributed by atoms with E-state index in [1.54, 1.807) is 6.08 Å². The Morgan fingerprint density at radius 2 is 2.22 bits per heavy atom. The minimum atomic E-state index is -0.426. The molecule has 0 heterocycles. The van der Waals surface area contributed by atoms with Crippen molar-refractivity contribution < 1.29 is 4.79 Å². The van der Waals surface area contributed by atoms with Crippen LogP contribution >= 0.6 is 0 Å². The van der Waals surface area contributed by atoms with Crippen LogP contribution in [0.2, 0.25) is 0 Å². The maximum Gasteiger partial charge on any atom is 0.241 e. The third-order valence-corrected chi connectivity index (χ3v) is 0.937. The van der Waals surface area contributed by atoms with E-state index in [1.807, 2.05) is 6.92 Å². The van der Waals surface area contributed by atoms with E-state index < -0.39 is 5.91 Å². The number of hydrogen-bond acceptors (Lipinski definition) is 1. The average Bonchev–Trinajstić information content (AvgIpc) is 1.83. The minimum absolute atomic E-state index is 0.426. The van der Waals surface area contributed by atoms with Crippen LogP contribution in [0.4, 0.5) is 0 Å². The van der Waals surface area contributed by atoms with Crippen molar-refractivity contribution in [1.82, 2.24) is 0 Å². The van der Waals surface area contributed by atoms with Gasteiger partial charge in [-0.15, -0.1) is 0 Å². The monoisotopic (exact) mass is 125 g/mol. The van der Waals surface area contributed by atoms with Crippen LogP contribution in [0, 0.1) is 0 Å². The fourth-order valence-corrected chi connectivity index (χ4v) is 0.318. The maximum atomic E-state index is 10.1. The number of allylic oxidation sites excluding steroid dienone is 2. The summed E-state index contributed by atoms with van der Waals surface area (Å²) < 4.78 is 0. The first-order valence-corrected chi connectivity index (χ1v) is 2.82. The lowest BCUT2D eigenvalue weighted by Gasteiger charge is -1.87. The van der Waals surface area contributed by atoms with Gasteiger partial charge >= 0.3 is 0 Å². The molecule has 0 rings (SSSR count). The lowest BCUT2D eigenvalue weighted by molar-refractivity contribution is -0.113. The van der Waals surface area contributed by atoms with Crippen molar-refractivity contribution in [2.45, 2.75) is 13.3 Å². The van der Waals surface area contributed by atoms with Crippen molar-refractivity contribution >= 4 is 5.91 Å². The highest BCUT2D eigenvalue weighted by Crippen LogP contribution is 1.96. The third kappa shape index (κ3) is 4.81. The molecule has 0 bridgehead atoms. The number of hydrogen-bond donors (Lipinski definition) is 1. The number of carbonyl (C=O) groups is 1. The SMILES string of the molecule is C=C(/C=C/C(N)=O)CC. The number of primary amides is 1. The molecule has 1 amide bonds. The van der Waals surface area contributed by atoms with Gasteiger partial charge in [0.2, 0.25) is 5.91 Å². The number of nitrogens with two attached hydrogens (primary N) is 1. The maximum absolute atomic E-state index is 10.1. The van der Waals surface area contributed by atoms with E-state index in [-0.39, 0.29) is 0 Å². The fourth-order valence-electron chi connectivity index (χ4n) is 0.318. The van der Waals surface area contributed by atoms with Gasteiger partial charge in [0.1, 0.15) is 0 Å². The van der Waals surface area contributed by atoms with Gasteiger partial charge in [-0.05, 0) is 6.42 Å². The second kappa shape index (κ2) is 3.89. The molecule has 50 valence electrons. The van der Waals surface area contributed by atoms with Crippen LogP contribution in [0.25, 0.3) is 0 Å². The Balaban J connectivity index is 3.71. The molecule has 2 N–H and O–H groups in total. The van der Waals surface area contributed by atoms with E-state index in [0.717, 1.165) is 12.0 Å².